The van der Waals surface area contributed by atoms with Crippen LogP contribution in [0.15, 0.2) is 41.2 Å². The molecule has 0 aliphatic heterocycles. The van der Waals surface area contributed by atoms with Crippen molar-refractivity contribution in [2.75, 3.05) is 18.2 Å². The van der Waals surface area contributed by atoms with Gasteiger partial charge in [0, 0.05) is 17.8 Å². The third kappa shape index (κ3) is 3.42. The van der Waals surface area contributed by atoms with Crippen molar-refractivity contribution in [3.63, 3.8) is 0 Å². The quantitative estimate of drug-likeness (QED) is 0.832. The number of amides is 1. The molecule has 2 rings (SSSR count). The number of carbonyl (C=O) groups is 1. The zero-order valence-electron chi connectivity index (χ0n) is 11.9. The highest BCUT2D eigenvalue weighted by molar-refractivity contribution is 5.93. The lowest BCUT2D eigenvalue weighted by Crippen LogP contribution is -2.28. The monoisotopic (exact) mass is 287 g/mol. The predicted octanol–water partition coefficient (Wildman–Crippen LogP) is 1.39. The van der Waals surface area contributed by atoms with Crippen molar-refractivity contribution in [3.05, 3.63) is 52.4 Å². The Bertz CT molecular complexity index is 722. The summed E-state index contributed by atoms with van der Waals surface area (Å²) in [7, 11) is 1.54. The number of anilines is 2. The first-order chi connectivity index (χ1) is 10.0. The first-order valence-corrected chi connectivity index (χ1v) is 6.41. The molecular weight excluding hydrogens is 270 g/mol. The summed E-state index contributed by atoms with van der Waals surface area (Å²) in [6.45, 7) is 1.72. The van der Waals surface area contributed by atoms with Crippen LogP contribution in [0.3, 0.4) is 0 Å². The molecule has 0 radical (unpaired) electrons. The summed E-state index contributed by atoms with van der Waals surface area (Å²) in [6, 6.07) is 9.83. The second-order valence-electron chi connectivity index (χ2n) is 4.59. The summed E-state index contributed by atoms with van der Waals surface area (Å²) >= 11 is 0. The van der Waals surface area contributed by atoms with Crippen LogP contribution in [0.5, 0.6) is 5.75 Å². The van der Waals surface area contributed by atoms with Crippen molar-refractivity contribution in [3.8, 4) is 5.75 Å². The van der Waals surface area contributed by atoms with Crippen LogP contribution in [0.25, 0.3) is 0 Å². The van der Waals surface area contributed by atoms with Gasteiger partial charge in [0.05, 0.1) is 18.5 Å². The van der Waals surface area contributed by atoms with E-state index in [2.05, 4.69) is 5.32 Å². The number of nitrogens with two attached hydrogens (primary N) is 1. The van der Waals surface area contributed by atoms with Gasteiger partial charge in [-0.2, -0.15) is 0 Å². The van der Waals surface area contributed by atoms with E-state index in [0.29, 0.717) is 17.1 Å². The van der Waals surface area contributed by atoms with Crippen LogP contribution in [0.2, 0.25) is 0 Å². The molecule has 1 aromatic carbocycles. The van der Waals surface area contributed by atoms with Crippen LogP contribution in [0, 0.1) is 6.92 Å². The Hall–Kier alpha value is -2.76. The lowest BCUT2D eigenvalue weighted by molar-refractivity contribution is -0.116. The molecule has 0 saturated carbocycles. The number of hydrogen-bond acceptors (Lipinski definition) is 4. The highest BCUT2D eigenvalue weighted by atomic mass is 16.5. The van der Waals surface area contributed by atoms with Crippen molar-refractivity contribution in [2.24, 2.45) is 0 Å². The maximum absolute atomic E-state index is 12.0. The minimum absolute atomic E-state index is 0.0586. The lowest BCUT2D eigenvalue weighted by Gasteiger charge is -2.12. The van der Waals surface area contributed by atoms with Gasteiger partial charge < -0.3 is 20.4 Å². The first kappa shape index (κ1) is 14.6. The summed E-state index contributed by atoms with van der Waals surface area (Å²) in [5, 5.41) is 2.69. The van der Waals surface area contributed by atoms with Crippen LogP contribution in [-0.4, -0.2) is 17.6 Å². The normalized spacial score (nSPS) is 10.2. The van der Waals surface area contributed by atoms with Crippen molar-refractivity contribution >= 4 is 17.3 Å². The van der Waals surface area contributed by atoms with Crippen LogP contribution in [-0.2, 0) is 11.3 Å². The zero-order chi connectivity index (χ0) is 15.4. The number of methoxy groups -OCH3 is 1. The van der Waals surface area contributed by atoms with E-state index in [9.17, 15) is 9.59 Å². The Morgan fingerprint density at radius 2 is 2.10 bits per heavy atom. The highest BCUT2D eigenvalue weighted by Gasteiger charge is 2.09. The number of nitrogens with one attached hydrogen (secondary N) is 1. The number of nitrogens with zero attached hydrogens (tertiary/aromatic N) is 1. The molecule has 1 heterocycles. The molecule has 1 aromatic heterocycles. The third-order valence-corrected chi connectivity index (χ3v) is 3.10. The minimum Gasteiger partial charge on any atom is -0.497 e. The molecule has 2 aromatic rings. The van der Waals surface area contributed by atoms with E-state index in [1.807, 2.05) is 0 Å². The molecule has 1 amide bonds. The van der Waals surface area contributed by atoms with Gasteiger partial charge in [0.25, 0.3) is 5.56 Å². The highest BCUT2D eigenvalue weighted by Crippen LogP contribution is 2.23. The SMILES string of the molecule is COc1ccc(NC(=O)Cn2c(C)cccc2=O)c(N)c1. The number of pyridine rings is 1. The number of benzene rings is 1. The van der Waals surface area contributed by atoms with Gasteiger partial charge in [-0.25, -0.2) is 0 Å². The van der Waals surface area contributed by atoms with Crippen LogP contribution >= 0.6 is 0 Å². The Balaban J connectivity index is 2.14. The van der Waals surface area contributed by atoms with Crippen LogP contribution < -0.4 is 21.3 Å². The topological polar surface area (TPSA) is 86.3 Å². The molecular formula is C15H17N3O3. The molecule has 0 spiro atoms. The molecule has 0 bridgehead atoms. The lowest BCUT2D eigenvalue weighted by atomic mass is 10.2. The predicted molar refractivity (Wildman–Crippen MR) is 81.5 cm³/mol. The van der Waals surface area contributed by atoms with Gasteiger partial charge in [-0.3, -0.25) is 9.59 Å². The van der Waals surface area contributed by atoms with E-state index in [1.165, 1.54) is 17.7 Å². The van der Waals surface area contributed by atoms with Gasteiger partial charge in [0.2, 0.25) is 5.91 Å². The number of nitrogen functional groups attached to an aromatic ring is 1. The van der Waals surface area contributed by atoms with E-state index in [4.69, 9.17) is 10.5 Å². The molecule has 0 unspecified atom stereocenters. The molecule has 0 fully saturated rings. The Morgan fingerprint density at radius 3 is 2.71 bits per heavy atom. The van der Waals surface area contributed by atoms with Gasteiger partial charge in [0.15, 0.2) is 0 Å². The van der Waals surface area contributed by atoms with Crippen molar-refractivity contribution in [2.45, 2.75) is 13.5 Å². The van der Waals surface area contributed by atoms with E-state index in [0.717, 1.165) is 5.69 Å². The van der Waals surface area contributed by atoms with Crippen molar-refractivity contribution in [1.29, 1.82) is 0 Å². The molecule has 3 N–H and O–H groups in total. The number of aryl methyl sites for hydroxylation is 1. The molecule has 6 nitrogen and oxygen atoms in total. The maximum atomic E-state index is 12.0. The van der Waals surface area contributed by atoms with Gasteiger partial charge in [-0.15, -0.1) is 0 Å². The summed E-state index contributed by atoms with van der Waals surface area (Å²) in [5.74, 6) is 0.295. The summed E-state index contributed by atoms with van der Waals surface area (Å²) in [5.41, 5.74) is 7.23. The fourth-order valence-electron chi connectivity index (χ4n) is 1.94. The van der Waals surface area contributed by atoms with Gasteiger partial charge in [-0.05, 0) is 25.1 Å². The number of ether oxygens (including phenoxy) is 1. The molecule has 0 atom stereocenters. The molecule has 21 heavy (non-hydrogen) atoms. The number of carbonyl (C=O) groups excluding carboxylic acids is 1. The third-order valence-electron chi connectivity index (χ3n) is 3.10. The number of aromatic nitrogens is 1. The Kier molecular flexibility index (Phi) is 4.27. The van der Waals surface area contributed by atoms with Gasteiger partial charge >= 0.3 is 0 Å². The van der Waals surface area contributed by atoms with Gasteiger partial charge in [0.1, 0.15) is 12.3 Å². The molecule has 6 heteroatoms. The molecule has 0 aliphatic rings. The molecule has 110 valence electrons. The standard InChI is InChI=1S/C15H17N3O3/c1-10-4-3-5-15(20)18(10)9-14(19)17-13-7-6-11(21-2)8-12(13)16/h3-8H,9,16H2,1-2H3,(H,17,19). The summed E-state index contributed by atoms with van der Waals surface area (Å²) in [4.78, 5) is 23.8. The average molecular weight is 287 g/mol. The molecule has 0 aliphatic carbocycles. The van der Waals surface area contributed by atoms with Gasteiger partial charge in [-0.1, -0.05) is 6.07 Å². The van der Waals surface area contributed by atoms with Crippen LogP contribution in [0.1, 0.15) is 5.69 Å². The Labute approximate surface area is 122 Å². The largest absolute Gasteiger partial charge is 0.497 e. The number of rotatable bonds is 4. The zero-order valence-corrected chi connectivity index (χ0v) is 11.9. The molecule has 0 saturated heterocycles. The average Bonchev–Trinajstić information content (AvgIpc) is 2.45. The smallest absolute Gasteiger partial charge is 0.251 e. The van der Waals surface area contributed by atoms with E-state index >= 15 is 0 Å². The minimum atomic E-state index is -0.316. The van der Waals surface area contributed by atoms with Crippen molar-refractivity contribution in [1.82, 2.24) is 4.57 Å². The second-order valence-corrected chi connectivity index (χ2v) is 4.59. The summed E-state index contributed by atoms with van der Waals surface area (Å²) < 4.78 is 6.44. The van der Waals surface area contributed by atoms with E-state index in [-0.39, 0.29) is 18.0 Å². The number of hydrogen-bond donors (Lipinski definition) is 2. The van der Waals surface area contributed by atoms with E-state index < -0.39 is 0 Å². The van der Waals surface area contributed by atoms with Crippen LogP contribution in [0.4, 0.5) is 11.4 Å². The second kappa shape index (κ2) is 6.13. The first-order valence-electron chi connectivity index (χ1n) is 6.41. The maximum Gasteiger partial charge on any atom is 0.251 e. The summed E-state index contributed by atoms with van der Waals surface area (Å²) in [6.07, 6.45) is 0. The Morgan fingerprint density at radius 1 is 1.33 bits per heavy atom. The van der Waals surface area contributed by atoms with E-state index in [1.54, 1.807) is 37.3 Å². The van der Waals surface area contributed by atoms with Crippen molar-refractivity contribution < 1.29 is 9.53 Å². The fraction of sp³-hybridized carbons (Fsp3) is 0.200. The fourth-order valence-corrected chi connectivity index (χ4v) is 1.94.